The summed E-state index contributed by atoms with van der Waals surface area (Å²) in [5.74, 6) is 0.834. The predicted octanol–water partition coefficient (Wildman–Crippen LogP) is 3.85. The largest absolute Gasteiger partial charge is 0.370 e. The van der Waals surface area contributed by atoms with Crippen molar-refractivity contribution >= 4 is 28.3 Å². The summed E-state index contributed by atoms with van der Waals surface area (Å²) in [5, 5.41) is 7.26. The number of aromatic nitrogens is 1. The Balaban J connectivity index is 1.56. The smallest absolute Gasteiger partial charge is 0.221 e. The van der Waals surface area contributed by atoms with Crippen LogP contribution in [0.2, 0.25) is 0 Å². The zero-order valence-corrected chi connectivity index (χ0v) is 13.0. The van der Waals surface area contributed by atoms with Gasteiger partial charge in [0.05, 0.1) is 5.52 Å². The number of benzene rings is 2. The Morgan fingerprint density at radius 3 is 2.57 bits per heavy atom. The molecule has 0 spiro atoms. The molecule has 4 heteroatoms. The summed E-state index contributed by atoms with van der Waals surface area (Å²) >= 11 is 0. The lowest BCUT2D eigenvalue weighted by molar-refractivity contribution is -0.114. The van der Waals surface area contributed by atoms with Crippen molar-refractivity contribution in [1.82, 2.24) is 4.98 Å². The zero-order chi connectivity index (χ0) is 16.1. The second-order valence-electron chi connectivity index (χ2n) is 5.44. The average molecular weight is 305 g/mol. The molecule has 3 rings (SSSR count). The van der Waals surface area contributed by atoms with Crippen LogP contribution in [0.1, 0.15) is 12.5 Å². The molecular formula is C19H19N3O. The monoisotopic (exact) mass is 305 g/mol. The molecule has 116 valence electrons. The highest BCUT2D eigenvalue weighted by atomic mass is 16.1. The SMILES string of the molecule is CC(=O)Nc1ccc(CCNc2ccc3ccccc3n2)cc1. The number of carbonyl (C=O) groups is 1. The van der Waals surface area contributed by atoms with Crippen LogP contribution in [0.4, 0.5) is 11.5 Å². The molecule has 4 nitrogen and oxygen atoms in total. The molecule has 0 aliphatic carbocycles. The highest BCUT2D eigenvalue weighted by molar-refractivity contribution is 5.88. The first kappa shape index (κ1) is 15.0. The summed E-state index contributed by atoms with van der Waals surface area (Å²) in [7, 11) is 0. The Kier molecular flexibility index (Phi) is 4.52. The van der Waals surface area contributed by atoms with Gasteiger partial charge in [0.15, 0.2) is 0 Å². The Morgan fingerprint density at radius 2 is 1.78 bits per heavy atom. The van der Waals surface area contributed by atoms with Gasteiger partial charge in [-0.1, -0.05) is 30.3 Å². The lowest BCUT2D eigenvalue weighted by Crippen LogP contribution is -2.07. The number of fused-ring (bicyclic) bond motifs is 1. The van der Waals surface area contributed by atoms with E-state index < -0.39 is 0 Å². The number of amides is 1. The van der Waals surface area contributed by atoms with Crippen molar-refractivity contribution in [2.24, 2.45) is 0 Å². The number of nitrogens with zero attached hydrogens (tertiary/aromatic N) is 1. The van der Waals surface area contributed by atoms with E-state index in [0.717, 1.165) is 35.4 Å². The molecule has 2 aromatic carbocycles. The minimum atomic E-state index is -0.0539. The van der Waals surface area contributed by atoms with Crippen molar-refractivity contribution in [2.75, 3.05) is 17.2 Å². The summed E-state index contributed by atoms with van der Waals surface area (Å²) in [6.07, 6.45) is 0.898. The summed E-state index contributed by atoms with van der Waals surface area (Å²) in [5.41, 5.74) is 3.04. The number of carbonyl (C=O) groups excluding carboxylic acids is 1. The number of hydrogen-bond acceptors (Lipinski definition) is 3. The number of nitrogens with one attached hydrogen (secondary N) is 2. The molecule has 23 heavy (non-hydrogen) atoms. The Bertz CT molecular complexity index is 812. The van der Waals surface area contributed by atoms with E-state index in [1.807, 2.05) is 48.5 Å². The Morgan fingerprint density at radius 1 is 1.00 bits per heavy atom. The Labute approximate surface area is 135 Å². The van der Waals surface area contributed by atoms with Crippen molar-refractivity contribution in [2.45, 2.75) is 13.3 Å². The van der Waals surface area contributed by atoms with Crippen LogP contribution >= 0.6 is 0 Å². The van der Waals surface area contributed by atoms with E-state index in [9.17, 15) is 4.79 Å². The second kappa shape index (κ2) is 6.92. The van der Waals surface area contributed by atoms with Gasteiger partial charge in [-0.15, -0.1) is 0 Å². The minimum Gasteiger partial charge on any atom is -0.370 e. The van der Waals surface area contributed by atoms with E-state index in [0.29, 0.717) is 0 Å². The fourth-order valence-electron chi connectivity index (χ4n) is 2.46. The molecule has 0 fully saturated rings. The van der Waals surface area contributed by atoms with Crippen molar-refractivity contribution in [3.05, 3.63) is 66.2 Å². The predicted molar refractivity (Wildman–Crippen MR) is 94.7 cm³/mol. The molecule has 0 radical (unpaired) electrons. The number of pyridine rings is 1. The summed E-state index contributed by atoms with van der Waals surface area (Å²) in [6.45, 7) is 2.32. The summed E-state index contributed by atoms with van der Waals surface area (Å²) in [4.78, 5) is 15.6. The number of hydrogen-bond donors (Lipinski definition) is 2. The molecule has 1 heterocycles. The van der Waals surface area contributed by atoms with Gasteiger partial charge in [-0.3, -0.25) is 4.79 Å². The van der Waals surface area contributed by atoms with Crippen molar-refractivity contribution < 1.29 is 4.79 Å². The van der Waals surface area contributed by atoms with E-state index in [4.69, 9.17) is 0 Å². The first-order valence-corrected chi connectivity index (χ1v) is 7.67. The zero-order valence-electron chi connectivity index (χ0n) is 13.0. The molecule has 1 amide bonds. The molecule has 0 bridgehead atoms. The first-order valence-electron chi connectivity index (χ1n) is 7.67. The van der Waals surface area contributed by atoms with Gasteiger partial charge < -0.3 is 10.6 Å². The quantitative estimate of drug-likeness (QED) is 0.753. The normalized spacial score (nSPS) is 10.5. The maximum Gasteiger partial charge on any atom is 0.221 e. The van der Waals surface area contributed by atoms with Crippen LogP contribution in [0.25, 0.3) is 10.9 Å². The molecule has 0 atom stereocenters. The van der Waals surface area contributed by atoms with Crippen LogP contribution in [-0.2, 0) is 11.2 Å². The third-order valence-corrected chi connectivity index (χ3v) is 3.59. The molecule has 0 aliphatic heterocycles. The molecule has 1 aromatic heterocycles. The molecule has 0 aliphatic rings. The van der Waals surface area contributed by atoms with Gasteiger partial charge in [0, 0.05) is 24.5 Å². The molecule has 3 aromatic rings. The van der Waals surface area contributed by atoms with E-state index >= 15 is 0 Å². The maximum atomic E-state index is 11.0. The van der Waals surface area contributed by atoms with Gasteiger partial charge >= 0.3 is 0 Å². The van der Waals surface area contributed by atoms with Crippen LogP contribution in [0.15, 0.2) is 60.7 Å². The van der Waals surface area contributed by atoms with E-state index in [1.165, 1.54) is 12.5 Å². The molecule has 2 N–H and O–H groups in total. The van der Waals surface area contributed by atoms with Crippen molar-refractivity contribution in [3.63, 3.8) is 0 Å². The highest BCUT2D eigenvalue weighted by Gasteiger charge is 1.99. The van der Waals surface area contributed by atoms with Crippen molar-refractivity contribution in [1.29, 1.82) is 0 Å². The fraction of sp³-hybridized carbons (Fsp3) is 0.158. The van der Waals surface area contributed by atoms with E-state index in [-0.39, 0.29) is 5.91 Å². The number of rotatable bonds is 5. The second-order valence-corrected chi connectivity index (χ2v) is 5.44. The fourth-order valence-corrected chi connectivity index (χ4v) is 2.46. The molecule has 0 saturated heterocycles. The molecule has 0 saturated carbocycles. The van der Waals surface area contributed by atoms with Crippen LogP contribution in [-0.4, -0.2) is 17.4 Å². The van der Waals surface area contributed by atoms with Gasteiger partial charge in [-0.05, 0) is 42.3 Å². The lowest BCUT2D eigenvalue weighted by Gasteiger charge is -2.08. The van der Waals surface area contributed by atoms with Crippen molar-refractivity contribution in [3.8, 4) is 0 Å². The summed E-state index contributed by atoms with van der Waals surface area (Å²) in [6, 6.07) is 20.1. The van der Waals surface area contributed by atoms with E-state index in [2.05, 4.69) is 27.8 Å². The maximum absolute atomic E-state index is 11.0. The van der Waals surface area contributed by atoms with Gasteiger partial charge in [-0.25, -0.2) is 4.98 Å². The van der Waals surface area contributed by atoms with Gasteiger partial charge in [0.25, 0.3) is 0 Å². The number of anilines is 2. The summed E-state index contributed by atoms with van der Waals surface area (Å²) < 4.78 is 0. The lowest BCUT2D eigenvalue weighted by atomic mass is 10.1. The van der Waals surface area contributed by atoms with Crippen LogP contribution < -0.4 is 10.6 Å². The standard InChI is InChI=1S/C19H19N3O/c1-14(23)21-17-9-6-15(7-10-17)12-13-20-19-11-8-16-4-2-3-5-18(16)22-19/h2-11H,12-13H2,1H3,(H,20,22)(H,21,23). The molecular weight excluding hydrogens is 286 g/mol. The van der Waals surface area contributed by atoms with Crippen LogP contribution in [0.3, 0.4) is 0 Å². The van der Waals surface area contributed by atoms with Crippen LogP contribution in [0.5, 0.6) is 0 Å². The average Bonchev–Trinajstić information content (AvgIpc) is 2.56. The highest BCUT2D eigenvalue weighted by Crippen LogP contribution is 2.15. The Hall–Kier alpha value is -2.88. The first-order chi connectivity index (χ1) is 11.2. The van der Waals surface area contributed by atoms with Gasteiger partial charge in [0.1, 0.15) is 5.82 Å². The van der Waals surface area contributed by atoms with Gasteiger partial charge in [0.2, 0.25) is 5.91 Å². The van der Waals surface area contributed by atoms with E-state index in [1.54, 1.807) is 0 Å². The van der Waals surface area contributed by atoms with Crippen LogP contribution in [0, 0.1) is 0 Å². The third-order valence-electron chi connectivity index (χ3n) is 3.59. The minimum absolute atomic E-state index is 0.0539. The van der Waals surface area contributed by atoms with Gasteiger partial charge in [-0.2, -0.15) is 0 Å². The topological polar surface area (TPSA) is 54.0 Å². The molecule has 0 unspecified atom stereocenters. The number of para-hydroxylation sites is 1. The third kappa shape index (κ3) is 4.07.